The number of thioether (sulfide) groups is 1. The minimum absolute atomic E-state index is 0.840. The Labute approximate surface area is 87.1 Å². The predicted octanol–water partition coefficient (Wildman–Crippen LogP) is 2.91. The molecular formula is C11H23NS. The SMILES string of the molecule is CCCNC1CCCC1CCSC. The van der Waals surface area contributed by atoms with Crippen LogP contribution in [0.1, 0.15) is 39.0 Å². The first kappa shape index (κ1) is 11.4. The summed E-state index contributed by atoms with van der Waals surface area (Å²) in [4.78, 5) is 0. The van der Waals surface area contributed by atoms with Crippen LogP contribution in [0.4, 0.5) is 0 Å². The number of rotatable bonds is 6. The van der Waals surface area contributed by atoms with Crippen molar-refractivity contribution < 1.29 is 0 Å². The van der Waals surface area contributed by atoms with Gasteiger partial charge in [-0.15, -0.1) is 0 Å². The molecule has 0 aliphatic heterocycles. The van der Waals surface area contributed by atoms with Crippen molar-refractivity contribution in [3.05, 3.63) is 0 Å². The van der Waals surface area contributed by atoms with Gasteiger partial charge >= 0.3 is 0 Å². The van der Waals surface area contributed by atoms with Gasteiger partial charge in [-0.25, -0.2) is 0 Å². The Hall–Kier alpha value is 0.310. The molecule has 13 heavy (non-hydrogen) atoms. The summed E-state index contributed by atoms with van der Waals surface area (Å²) in [5.41, 5.74) is 0. The van der Waals surface area contributed by atoms with E-state index in [1.165, 1.54) is 44.4 Å². The third kappa shape index (κ3) is 3.90. The van der Waals surface area contributed by atoms with E-state index in [0.717, 1.165) is 12.0 Å². The lowest BCUT2D eigenvalue weighted by molar-refractivity contribution is 0.394. The minimum Gasteiger partial charge on any atom is -0.314 e. The quantitative estimate of drug-likeness (QED) is 0.709. The van der Waals surface area contributed by atoms with Crippen LogP contribution in [0.15, 0.2) is 0 Å². The van der Waals surface area contributed by atoms with Gasteiger partial charge in [-0.2, -0.15) is 11.8 Å². The maximum Gasteiger partial charge on any atom is 0.00956 e. The minimum atomic E-state index is 0.840. The summed E-state index contributed by atoms with van der Waals surface area (Å²) in [6.45, 7) is 3.46. The normalized spacial score (nSPS) is 28.2. The molecule has 0 aromatic heterocycles. The molecule has 1 saturated carbocycles. The van der Waals surface area contributed by atoms with Crippen molar-refractivity contribution in [3.8, 4) is 0 Å². The van der Waals surface area contributed by atoms with Crippen LogP contribution in [-0.2, 0) is 0 Å². The van der Waals surface area contributed by atoms with Gasteiger partial charge in [-0.3, -0.25) is 0 Å². The predicted molar refractivity (Wildman–Crippen MR) is 62.4 cm³/mol. The summed E-state index contributed by atoms with van der Waals surface area (Å²) < 4.78 is 0. The Balaban J connectivity index is 2.18. The highest BCUT2D eigenvalue weighted by Gasteiger charge is 2.25. The molecule has 0 aromatic rings. The molecule has 1 rings (SSSR count). The van der Waals surface area contributed by atoms with E-state index in [2.05, 4.69) is 18.5 Å². The number of hydrogen-bond donors (Lipinski definition) is 1. The van der Waals surface area contributed by atoms with Gasteiger partial charge in [0.1, 0.15) is 0 Å². The van der Waals surface area contributed by atoms with Gasteiger partial charge < -0.3 is 5.32 Å². The second kappa shape index (κ2) is 6.72. The zero-order valence-electron chi connectivity index (χ0n) is 9.01. The Bertz CT molecular complexity index is 113. The summed E-state index contributed by atoms with van der Waals surface area (Å²) in [7, 11) is 0. The first-order valence-electron chi connectivity index (χ1n) is 5.60. The van der Waals surface area contributed by atoms with E-state index in [0.29, 0.717) is 0 Å². The Morgan fingerprint density at radius 2 is 2.23 bits per heavy atom. The largest absolute Gasteiger partial charge is 0.314 e. The van der Waals surface area contributed by atoms with Crippen LogP contribution >= 0.6 is 11.8 Å². The molecule has 0 heterocycles. The third-order valence-electron chi connectivity index (χ3n) is 3.01. The van der Waals surface area contributed by atoms with Crippen molar-refractivity contribution in [1.82, 2.24) is 5.32 Å². The summed E-state index contributed by atoms with van der Waals surface area (Å²) in [6, 6.07) is 0.840. The Morgan fingerprint density at radius 1 is 1.38 bits per heavy atom. The van der Waals surface area contributed by atoms with Gasteiger partial charge in [-0.1, -0.05) is 13.3 Å². The number of nitrogens with one attached hydrogen (secondary N) is 1. The van der Waals surface area contributed by atoms with E-state index in [-0.39, 0.29) is 0 Å². The summed E-state index contributed by atoms with van der Waals surface area (Å²) in [5, 5.41) is 3.68. The lowest BCUT2D eigenvalue weighted by Gasteiger charge is -2.20. The molecule has 0 aromatic carbocycles. The average molecular weight is 201 g/mol. The standard InChI is InChI=1S/C11H23NS/c1-3-8-12-11-6-4-5-10(11)7-9-13-2/h10-12H,3-9H2,1-2H3. The first-order valence-corrected chi connectivity index (χ1v) is 7.00. The van der Waals surface area contributed by atoms with E-state index in [1.54, 1.807) is 0 Å². The summed E-state index contributed by atoms with van der Waals surface area (Å²) in [5.74, 6) is 2.31. The molecular weight excluding hydrogens is 178 g/mol. The molecule has 0 amide bonds. The smallest absolute Gasteiger partial charge is 0.00956 e. The monoisotopic (exact) mass is 201 g/mol. The Morgan fingerprint density at radius 3 is 2.92 bits per heavy atom. The van der Waals surface area contributed by atoms with E-state index in [9.17, 15) is 0 Å². The summed E-state index contributed by atoms with van der Waals surface area (Å²) >= 11 is 1.99. The molecule has 0 radical (unpaired) electrons. The molecule has 0 saturated heterocycles. The van der Waals surface area contributed by atoms with Crippen LogP contribution in [-0.4, -0.2) is 24.6 Å². The van der Waals surface area contributed by atoms with Crippen molar-refractivity contribution >= 4 is 11.8 Å². The third-order valence-corrected chi connectivity index (χ3v) is 3.65. The van der Waals surface area contributed by atoms with Crippen LogP contribution in [0, 0.1) is 5.92 Å². The van der Waals surface area contributed by atoms with Gasteiger partial charge in [0, 0.05) is 6.04 Å². The van der Waals surface area contributed by atoms with E-state index >= 15 is 0 Å². The zero-order valence-corrected chi connectivity index (χ0v) is 9.83. The number of hydrogen-bond acceptors (Lipinski definition) is 2. The second-order valence-electron chi connectivity index (χ2n) is 4.03. The Kier molecular flexibility index (Phi) is 5.88. The van der Waals surface area contributed by atoms with Crippen LogP contribution < -0.4 is 5.32 Å². The van der Waals surface area contributed by atoms with Crippen molar-refractivity contribution in [2.75, 3.05) is 18.6 Å². The molecule has 78 valence electrons. The lowest BCUT2D eigenvalue weighted by atomic mass is 10.0. The maximum atomic E-state index is 3.68. The van der Waals surface area contributed by atoms with Crippen molar-refractivity contribution in [2.24, 2.45) is 5.92 Å². The van der Waals surface area contributed by atoms with Crippen molar-refractivity contribution in [3.63, 3.8) is 0 Å². The van der Waals surface area contributed by atoms with Crippen LogP contribution in [0.25, 0.3) is 0 Å². The second-order valence-corrected chi connectivity index (χ2v) is 5.02. The van der Waals surface area contributed by atoms with Gasteiger partial charge in [0.15, 0.2) is 0 Å². The van der Waals surface area contributed by atoms with E-state index < -0.39 is 0 Å². The van der Waals surface area contributed by atoms with Gasteiger partial charge in [-0.05, 0) is 50.2 Å². The average Bonchev–Trinajstić information content (AvgIpc) is 2.59. The fourth-order valence-electron chi connectivity index (χ4n) is 2.25. The highest BCUT2D eigenvalue weighted by atomic mass is 32.2. The molecule has 2 heteroatoms. The molecule has 2 unspecified atom stereocenters. The summed E-state index contributed by atoms with van der Waals surface area (Å²) in [6.07, 6.45) is 9.22. The zero-order chi connectivity index (χ0) is 9.52. The molecule has 1 aliphatic carbocycles. The van der Waals surface area contributed by atoms with Crippen LogP contribution in [0.5, 0.6) is 0 Å². The molecule has 1 N–H and O–H groups in total. The lowest BCUT2D eigenvalue weighted by Crippen LogP contribution is -2.33. The molecule has 1 nitrogen and oxygen atoms in total. The van der Waals surface area contributed by atoms with Crippen molar-refractivity contribution in [2.45, 2.75) is 45.1 Å². The van der Waals surface area contributed by atoms with Crippen LogP contribution in [0.2, 0.25) is 0 Å². The molecule has 0 bridgehead atoms. The highest BCUT2D eigenvalue weighted by Crippen LogP contribution is 2.29. The topological polar surface area (TPSA) is 12.0 Å². The molecule has 1 fully saturated rings. The van der Waals surface area contributed by atoms with E-state index in [4.69, 9.17) is 0 Å². The van der Waals surface area contributed by atoms with Gasteiger partial charge in [0.25, 0.3) is 0 Å². The fourth-order valence-corrected chi connectivity index (χ4v) is 2.79. The highest BCUT2D eigenvalue weighted by molar-refractivity contribution is 7.98. The van der Waals surface area contributed by atoms with E-state index in [1.807, 2.05) is 11.8 Å². The van der Waals surface area contributed by atoms with Crippen LogP contribution in [0.3, 0.4) is 0 Å². The van der Waals surface area contributed by atoms with Gasteiger partial charge in [0.05, 0.1) is 0 Å². The fraction of sp³-hybridized carbons (Fsp3) is 1.00. The molecule has 1 aliphatic rings. The first-order chi connectivity index (χ1) is 6.38. The van der Waals surface area contributed by atoms with Crippen molar-refractivity contribution in [1.29, 1.82) is 0 Å². The van der Waals surface area contributed by atoms with Gasteiger partial charge in [0.2, 0.25) is 0 Å². The molecule has 0 spiro atoms. The maximum absolute atomic E-state index is 3.68. The molecule has 2 atom stereocenters.